The fourth-order valence-electron chi connectivity index (χ4n) is 4.69. The van der Waals surface area contributed by atoms with Crippen LogP contribution in [-0.2, 0) is 10.2 Å². The summed E-state index contributed by atoms with van der Waals surface area (Å²) in [7, 11) is 0. The molecule has 0 saturated heterocycles. The number of hydrogen-bond acceptors (Lipinski definition) is 2. The minimum atomic E-state index is 0.0310. The number of carbonyl (C=O) groups excluding carboxylic acids is 1. The van der Waals surface area contributed by atoms with E-state index in [1.54, 1.807) is 0 Å². The molecule has 1 fully saturated rings. The van der Waals surface area contributed by atoms with E-state index in [0.29, 0.717) is 5.92 Å². The average molecular weight is 364 g/mol. The SMILES string of the molecule is Cc1ccc(NC(=O)[C@@H](C)C2CCC3(CC2)COc2cc(C)ccc23)cc1. The van der Waals surface area contributed by atoms with Gasteiger partial charge in [-0.1, -0.05) is 36.8 Å². The van der Waals surface area contributed by atoms with Crippen LogP contribution in [0.15, 0.2) is 42.5 Å². The Balaban J connectivity index is 1.39. The van der Waals surface area contributed by atoms with Crippen molar-refractivity contribution >= 4 is 11.6 Å². The molecule has 4 rings (SSSR count). The van der Waals surface area contributed by atoms with Crippen LogP contribution in [-0.4, -0.2) is 12.5 Å². The van der Waals surface area contributed by atoms with Crippen LogP contribution < -0.4 is 10.1 Å². The van der Waals surface area contributed by atoms with Gasteiger partial charge in [-0.15, -0.1) is 0 Å². The lowest BCUT2D eigenvalue weighted by Gasteiger charge is -2.38. The van der Waals surface area contributed by atoms with E-state index in [4.69, 9.17) is 4.74 Å². The van der Waals surface area contributed by atoms with Crippen LogP contribution in [0.1, 0.15) is 49.3 Å². The first-order valence-corrected chi connectivity index (χ1v) is 10.1. The second-order valence-electron chi connectivity index (χ2n) is 8.55. The fourth-order valence-corrected chi connectivity index (χ4v) is 4.69. The van der Waals surface area contributed by atoms with Crippen LogP contribution in [0.4, 0.5) is 5.69 Å². The van der Waals surface area contributed by atoms with Gasteiger partial charge in [-0.05, 0) is 69.2 Å². The van der Waals surface area contributed by atoms with E-state index in [1.165, 1.54) is 16.7 Å². The number of benzene rings is 2. The third kappa shape index (κ3) is 3.47. The Morgan fingerprint density at radius 2 is 1.74 bits per heavy atom. The van der Waals surface area contributed by atoms with Crippen LogP contribution in [0.5, 0.6) is 5.75 Å². The summed E-state index contributed by atoms with van der Waals surface area (Å²) in [5.41, 5.74) is 4.88. The summed E-state index contributed by atoms with van der Waals surface area (Å²) in [6.45, 7) is 7.04. The molecule has 0 bridgehead atoms. The number of carbonyl (C=O) groups is 1. The molecule has 1 aliphatic carbocycles. The van der Waals surface area contributed by atoms with E-state index >= 15 is 0 Å². The molecule has 1 amide bonds. The van der Waals surface area contributed by atoms with Crippen molar-refractivity contribution in [1.82, 2.24) is 0 Å². The summed E-state index contributed by atoms with van der Waals surface area (Å²) in [5.74, 6) is 1.68. The van der Waals surface area contributed by atoms with Crippen molar-refractivity contribution in [3.05, 3.63) is 59.2 Å². The van der Waals surface area contributed by atoms with Crippen molar-refractivity contribution in [2.75, 3.05) is 11.9 Å². The van der Waals surface area contributed by atoms with Crippen LogP contribution in [0.3, 0.4) is 0 Å². The predicted octanol–water partition coefficient (Wildman–Crippen LogP) is 5.40. The van der Waals surface area contributed by atoms with Crippen LogP contribution in [0, 0.1) is 25.7 Å². The van der Waals surface area contributed by atoms with Crippen molar-refractivity contribution in [1.29, 1.82) is 0 Å². The largest absolute Gasteiger partial charge is 0.492 e. The zero-order chi connectivity index (χ0) is 19.0. The van der Waals surface area contributed by atoms with Gasteiger partial charge in [-0.3, -0.25) is 4.79 Å². The quantitative estimate of drug-likeness (QED) is 0.793. The Morgan fingerprint density at radius 1 is 1.07 bits per heavy atom. The topological polar surface area (TPSA) is 38.3 Å². The second kappa shape index (κ2) is 7.03. The molecule has 2 aromatic rings. The monoisotopic (exact) mass is 363 g/mol. The van der Waals surface area contributed by atoms with Gasteiger partial charge in [0.2, 0.25) is 5.91 Å². The lowest BCUT2D eigenvalue weighted by molar-refractivity contribution is -0.121. The Bertz CT molecular complexity index is 832. The Hall–Kier alpha value is -2.29. The summed E-state index contributed by atoms with van der Waals surface area (Å²) in [4.78, 5) is 12.7. The molecule has 3 nitrogen and oxygen atoms in total. The minimum Gasteiger partial charge on any atom is -0.492 e. The summed E-state index contributed by atoms with van der Waals surface area (Å²) in [6.07, 6.45) is 4.38. The maximum absolute atomic E-state index is 12.7. The van der Waals surface area contributed by atoms with E-state index in [9.17, 15) is 4.79 Å². The zero-order valence-corrected chi connectivity index (χ0v) is 16.5. The molecule has 1 saturated carbocycles. The summed E-state index contributed by atoms with van der Waals surface area (Å²) in [5, 5.41) is 3.09. The van der Waals surface area contributed by atoms with Gasteiger partial charge in [-0.2, -0.15) is 0 Å². The van der Waals surface area contributed by atoms with Crippen molar-refractivity contribution in [3.63, 3.8) is 0 Å². The van der Waals surface area contributed by atoms with E-state index in [0.717, 1.165) is 43.7 Å². The van der Waals surface area contributed by atoms with E-state index in [-0.39, 0.29) is 17.2 Å². The van der Waals surface area contributed by atoms with E-state index in [2.05, 4.69) is 44.3 Å². The molecule has 1 spiro atoms. The first kappa shape index (κ1) is 18.1. The number of amides is 1. The van der Waals surface area contributed by atoms with Crippen LogP contribution in [0.2, 0.25) is 0 Å². The molecule has 27 heavy (non-hydrogen) atoms. The predicted molar refractivity (Wildman–Crippen MR) is 109 cm³/mol. The molecule has 0 aromatic heterocycles. The number of nitrogens with one attached hydrogen (secondary N) is 1. The Labute approximate surface area is 162 Å². The molecule has 2 aromatic carbocycles. The van der Waals surface area contributed by atoms with Gasteiger partial charge < -0.3 is 10.1 Å². The number of hydrogen-bond donors (Lipinski definition) is 1. The molecule has 1 atom stereocenters. The molecule has 2 aliphatic rings. The first-order chi connectivity index (χ1) is 13.0. The van der Waals surface area contributed by atoms with Gasteiger partial charge in [0.05, 0.1) is 6.61 Å². The van der Waals surface area contributed by atoms with Gasteiger partial charge in [0.25, 0.3) is 0 Å². The van der Waals surface area contributed by atoms with Gasteiger partial charge in [-0.25, -0.2) is 0 Å². The highest BCUT2D eigenvalue weighted by Crippen LogP contribution is 2.50. The zero-order valence-electron chi connectivity index (χ0n) is 16.5. The fraction of sp³-hybridized carbons (Fsp3) is 0.458. The van der Waals surface area contributed by atoms with Gasteiger partial charge >= 0.3 is 0 Å². The van der Waals surface area contributed by atoms with Gasteiger partial charge in [0, 0.05) is 22.6 Å². The summed E-state index contributed by atoms with van der Waals surface area (Å²) >= 11 is 0. The molecular formula is C24H29NO2. The van der Waals surface area contributed by atoms with Crippen molar-refractivity contribution in [2.24, 2.45) is 11.8 Å². The third-order valence-electron chi connectivity index (χ3n) is 6.64. The number of aryl methyl sites for hydroxylation is 2. The summed E-state index contributed by atoms with van der Waals surface area (Å²) in [6, 6.07) is 14.6. The highest BCUT2D eigenvalue weighted by Gasteiger charge is 2.44. The normalized spacial score (nSPS) is 24.9. The molecule has 1 heterocycles. The highest BCUT2D eigenvalue weighted by atomic mass is 16.5. The van der Waals surface area contributed by atoms with Crippen molar-refractivity contribution in [3.8, 4) is 5.75 Å². The van der Waals surface area contributed by atoms with Gasteiger partial charge in [0.1, 0.15) is 5.75 Å². The lowest BCUT2D eigenvalue weighted by Crippen LogP contribution is -2.37. The van der Waals surface area contributed by atoms with E-state index < -0.39 is 0 Å². The smallest absolute Gasteiger partial charge is 0.227 e. The maximum atomic E-state index is 12.7. The van der Waals surface area contributed by atoms with Crippen molar-refractivity contribution < 1.29 is 9.53 Å². The molecule has 1 aliphatic heterocycles. The molecule has 142 valence electrons. The Morgan fingerprint density at radius 3 is 2.44 bits per heavy atom. The number of anilines is 1. The van der Waals surface area contributed by atoms with Crippen LogP contribution in [0.25, 0.3) is 0 Å². The Kier molecular flexibility index (Phi) is 4.71. The van der Waals surface area contributed by atoms with E-state index in [1.807, 2.05) is 24.3 Å². The summed E-state index contributed by atoms with van der Waals surface area (Å²) < 4.78 is 6.03. The molecule has 0 radical (unpaired) electrons. The lowest BCUT2D eigenvalue weighted by atomic mass is 9.65. The maximum Gasteiger partial charge on any atom is 0.227 e. The van der Waals surface area contributed by atoms with Crippen molar-refractivity contribution in [2.45, 2.75) is 51.9 Å². The first-order valence-electron chi connectivity index (χ1n) is 10.1. The number of fused-ring (bicyclic) bond motifs is 2. The third-order valence-corrected chi connectivity index (χ3v) is 6.64. The minimum absolute atomic E-state index is 0.0310. The molecule has 1 N–H and O–H groups in total. The number of rotatable bonds is 3. The second-order valence-corrected chi connectivity index (χ2v) is 8.55. The standard InChI is InChI=1S/C24H29NO2/c1-16-4-7-20(8-5-16)25-23(26)18(3)19-10-12-24(13-11-19)15-27-22-14-17(2)6-9-21(22)24/h4-9,14,18-19H,10-13,15H2,1-3H3,(H,25,26)/t18-,19?,24?/m0/s1. The molecule has 3 heteroatoms. The molecular weight excluding hydrogens is 334 g/mol. The average Bonchev–Trinajstić information content (AvgIpc) is 3.01. The van der Waals surface area contributed by atoms with Crippen LogP contribution >= 0.6 is 0 Å². The van der Waals surface area contributed by atoms with Gasteiger partial charge in [0.15, 0.2) is 0 Å². The number of ether oxygens (including phenoxy) is 1. The highest BCUT2D eigenvalue weighted by molar-refractivity contribution is 5.92. The molecule has 0 unspecified atom stereocenters.